The zero-order valence-corrected chi connectivity index (χ0v) is 57.3. The van der Waals surface area contributed by atoms with Crippen LogP contribution < -0.4 is 0 Å². The second-order valence-corrected chi connectivity index (χ2v) is 37.9. The van der Waals surface area contributed by atoms with Gasteiger partial charge in [0, 0.05) is 0 Å². The van der Waals surface area contributed by atoms with Gasteiger partial charge < -0.3 is 0 Å². The standard InChI is InChI=1S/C16H30.C12H20.C12H22.C11H20.2C10H18.C9H16.7CH4/c1-13-6-8-16(9-7-13)11-14(2,3)10-15(4,5)12-16;1-2-12-6-9-3-10(7-12)5-11(4-9)8-12;1-11-5-9-12(10-6-11)7-3-2-4-8-12;1-8-9-4-6-10(7-5-9)11(8,2)3;1-8-7-9-3-5-10(8,2)6-4-9;1-7-8(2)10-5-3-9(7)4-6-10;1-7-6-8-2-4-9(7)5-3-8;;;;;;;/h13H,6-12H2,1-5H3;9-11H,2-8H2,1H3;11H,2-10H2,1H3;8-10H,4-7H2,1-3H3;8-9H,3-7H2,1-2H3;7-10H,3-6H2,1-2H3;7-9H,2-6H2,1H3;7*1H4/t;;;2*8-,9?,10?;7-,8?,9?,10?;7-,8?,9?;;;;;;;/m...1000......./s1. The lowest BCUT2D eigenvalue weighted by molar-refractivity contribution is -0.0545. The van der Waals surface area contributed by atoms with Gasteiger partial charge in [0.05, 0.1) is 0 Å². The van der Waals surface area contributed by atoms with E-state index in [0.29, 0.717) is 21.7 Å². The van der Waals surface area contributed by atoms with E-state index in [0.717, 1.165) is 117 Å². The van der Waals surface area contributed by atoms with Gasteiger partial charge in [0.2, 0.25) is 0 Å². The zero-order valence-electron chi connectivity index (χ0n) is 57.3. The number of fused-ring (bicyclic) bond motifs is 12. The van der Waals surface area contributed by atoms with Gasteiger partial charge in [0.25, 0.3) is 0 Å². The highest BCUT2D eigenvalue weighted by atomic mass is 14.6. The third kappa shape index (κ3) is 21.0. The van der Waals surface area contributed by atoms with Gasteiger partial charge in [0.1, 0.15) is 0 Å². The summed E-state index contributed by atoms with van der Waals surface area (Å²) in [4.78, 5) is 0. The molecule has 20 saturated carbocycles. The van der Waals surface area contributed by atoms with Gasteiger partial charge in [-0.15, -0.1) is 0 Å². The lowest BCUT2D eigenvalue weighted by Gasteiger charge is -2.56. The summed E-state index contributed by atoms with van der Waals surface area (Å²) in [6, 6.07) is 0. The third-order valence-electron chi connectivity index (χ3n) is 30.5. The Labute approximate surface area is 554 Å². The normalized spacial score (nSPS) is 42.1. The Kier molecular flexibility index (Phi) is 33.0. The molecule has 20 fully saturated rings. The summed E-state index contributed by atoms with van der Waals surface area (Å²) in [6.45, 7) is 37.0. The Morgan fingerprint density at radius 3 is 1.02 bits per heavy atom. The van der Waals surface area contributed by atoms with Crippen molar-refractivity contribution >= 4 is 0 Å². The summed E-state index contributed by atoms with van der Waals surface area (Å²) in [5.41, 5.74) is 4.93. The molecule has 0 aromatic rings. The maximum Gasteiger partial charge on any atom is -0.0287 e. The number of hydrogen-bond donors (Lipinski definition) is 0. The molecule has 2 spiro atoms. The first-order chi connectivity index (χ1) is 37.8. The maximum absolute atomic E-state index is 2.49. The van der Waals surface area contributed by atoms with Crippen LogP contribution in [-0.2, 0) is 0 Å². The Balaban J connectivity index is 0.000000344. The number of rotatable bonds is 1. The summed E-state index contributed by atoms with van der Waals surface area (Å²) >= 11 is 0. The van der Waals surface area contributed by atoms with E-state index >= 15 is 0 Å². The zero-order chi connectivity index (χ0) is 57.3. The first-order valence-electron chi connectivity index (χ1n) is 37.8. The molecule has 20 rings (SSSR count). The van der Waals surface area contributed by atoms with Crippen LogP contribution in [0, 0.1) is 139 Å². The average molecular weight is 1220 g/mol. The summed E-state index contributed by atoms with van der Waals surface area (Å²) < 4.78 is 0. The second kappa shape index (κ2) is 34.6. The molecule has 0 heterocycles. The first-order valence-corrected chi connectivity index (χ1v) is 37.8. The van der Waals surface area contributed by atoms with Crippen molar-refractivity contribution in [2.24, 2.45) is 139 Å². The van der Waals surface area contributed by atoms with E-state index < -0.39 is 0 Å². The molecule has 0 amide bonds. The molecule has 87 heavy (non-hydrogen) atoms. The van der Waals surface area contributed by atoms with Crippen molar-refractivity contribution < 1.29 is 0 Å². The van der Waals surface area contributed by atoms with Crippen molar-refractivity contribution in [3.8, 4) is 0 Å². The lowest BCUT2D eigenvalue weighted by atomic mass is 9.49. The minimum Gasteiger partial charge on any atom is -0.0776 e. The average Bonchev–Trinajstić information content (AvgIpc) is 1.16. The minimum atomic E-state index is 0. The van der Waals surface area contributed by atoms with Crippen LogP contribution in [0.3, 0.4) is 0 Å². The molecule has 20 aliphatic carbocycles. The van der Waals surface area contributed by atoms with E-state index in [-0.39, 0.29) is 52.0 Å². The second-order valence-electron chi connectivity index (χ2n) is 37.9. The van der Waals surface area contributed by atoms with E-state index in [1.54, 1.807) is 96.3 Å². The fourth-order valence-electron chi connectivity index (χ4n) is 25.1. The van der Waals surface area contributed by atoms with Gasteiger partial charge in [-0.3, -0.25) is 0 Å². The highest BCUT2D eigenvalue weighted by Gasteiger charge is 2.51. The SMILES string of the molecule is C.C.C.C.C.C.C.CC1C2CCC(CC2)[C@H]1C.CC1CCC2(CC1)CC(C)(C)CC(C)(C)C2.CC1CCC2(CCCCC2)CC1.CCC12CC3CC(CC(C3)C1)C2.C[C@@H]1C2CCC(CC2)C1(C)C.C[C@H]1CC2CCC1(C)CC2.C[C@H]1CC2CCC1CC2. The van der Waals surface area contributed by atoms with Crippen LogP contribution in [0.1, 0.15) is 419 Å². The molecular weight excluding hydrogens is 1040 g/mol. The van der Waals surface area contributed by atoms with E-state index in [2.05, 4.69) is 104 Å². The Morgan fingerprint density at radius 1 is 0.333 bits per heavy atom. The molecule has 5 atom stereocenters. The summed E-state index contributed by atoms with van der Waals surface area (Å²) in [5, 5.41) is 0. The Bertz CT molecular complexity index is 1740. The van der Waals surface area contributed by atoms with Crippen molar-refractivity contribution in [2.45, 2.75) is 419 Å². The summed E-state index contributed by atoms with van der Waals surface area (Å²) in [7, 11) is 0. The molecule has 0 aliphatic heterocycles. The highest BCUT2D eigenvalue weighted by Crippen LogP contribution is 2.63. The van der Waals surface area contributed by atoms with Crippen molar-refractivity contribution in [1.29, 1.82) is 0 Å². The summed E-state index contributed by atoms with van der Waals surface area (Å²) in [6.07, 6.45) is 62.7. The van der Waals surface area contributed by atoms with Crippen LogP contribution in [0.4, 0.5) is 0 Å². The Morgan fingerprint density at radius 2 is 0.724 bits per heavy atom. The molecule has 0 heteroatoms. The predicted octanol–water partition coefficient (Wildman–Crippen LogP) is 30.2. The molecule has 0 aromatic heterocycles. The highest BCUT2D eigenvalue weighted by molar-refractivity contribution is 5.02. The van der Waals surface area contributed by atoms with Crippen LogP contribution in [-0.4, -0.2) is 0 Å². The van der Waals surface area contributed by atoms with Gasteiger partial charge in [0.15, 0.2) is 0 Å². The predicted molar refractivity (Wildman–Crippen MR) is 398 cm³/mol. The molecule has 520 valence electrons. The third-order valence-corrected chi connectivity index (χ3v) is 30.5. The number of hydrogen-bond acceptors (Lipinski definition) is 0. The van der Waals surface area contributed by atoms with Crippen molar-refractivity contribution in [3.63, 3.8) is 0 Å². The molecule has 0 aromatic carbocycles. The van der Waals surface area contributed by atoms with Gasteiger partial charge in [-0.25, -0.2) is 0 Å². The molecule has 20 aliphatic rings. The van der Waals surface area contributed by atoms with Crippen LogP contribution in [0.25, 0.3) is 0 Å². The molecular formula is C87H172. The van der Waals surface area contributed by atoms with E-state index in [9.17, 15) is 0 Å². The van der Waals surface area contributed by atoms with Crippen LogP contribution >= 0.6 is 0 Å². The van der Waals surface area contributed by atoms with Crippen molar-refractivity contribution in [2.75, 3.05) is 0 Å². The van der Waals surface area contributed by atoms with Crippen molar-refractivity contribution in [1.82, 2.24) is 0 Å². The first kappa shape index (κ1) is 83.1. The quantitative estimate of drug-likeness (QED) is 0.245. The Hall–Kier alpha value is 0. The molecule has 0 radical (unpaired) electrons. The van der Waals surface area contributed by atoms with Crippen LogP contribution in [0.2, 0.25) is 0 Å². The fourth-order valence-corrected chi connectivity index (χ4v) is 25.1. The maximum atomic E-state index is 2.49. The van der Waals surface area contributed by atoms with Gasteiger partial charge in [-0.2, -0.15) is 0 Å². The van der Waals surface area contributed by atoms with Crippen LogP contribution in [0.5, 0.6) is 0 Å². The topological polar surface area (TPSA) is 0 Å². The largest absolute Gasteiger partial charge is 0.0776 e. The smallest absolute Gasteiger partial charge is 0.0287 e. The minimum absolute atomic E-state index is 0. The summed E-state index contributed by atoms with van der Waals surface area (Å²) in [5.74, 6) is 18.3. The van der Waals surface area contributed by atoms with Crippen molar-refractivity contribution in [3.05, 3.63) is 0 Å². The molecule has 12 bridgehead atoms. The van der Waals surface area contributed by atoms with Gasteiger partial charge >= 0.3 is 0 Å². The fraction of sp³-hybridized carbons (Fsp3) is 1.00. The lowest BCUT2D eigenvalue weighted by Crippen LogP contribution is -2.45. The van der Waals surface area contributed by atoms with Gasteiger partial charge in [-0.1, -0.05) is 220 Å². The van der Waals surface area contributed by atoms with E-state index in [1.807, 2.05) is 0 Å². The van der Waals surface area contributed by atoms with E-state index in [1.165, 1.54) is 167 Å². The molecule has 0 nitrogen and oxygen atoms in total. The van der Waals surface area contributed by atoms with Crippen LogP contribution in [0.15, 0.2) is 0 Å². The molecule has 1 unspecified atom stereocenters. The monoisotopic (exact) mass is 1220 g/mol. The van der Waals surface area contributed by atoms with Gasteiger partial charge in [-0.05, 0) is 338 Å². The van der Waals surface area contributed by atoms with E-state index in [4.69, 9.17) is 0 Å². The molecule has 0 N–H and O–H groups in total. The molecule has 0 saturated heterocycles.